The molecule has 8 bridgehead atoms. The normalized spacial score (nSPS) is 23.3. The summed E-state index contributed by atoms with van der Waals surface area (Å²) in [6.07, 6.45) is 8.41. The molecular weight excluding hydrogens is 438 g/mol. The minimum absolute atomic E-state index is 0.170. The monoisotopic (exact) mass is 473 g/mol. The van der Waals surface area contributed by atoms with Crippen molar-refractivity contribution in [3.8, 4) is 11.3 Å². The number of rotatable bonds is 1. The van der Waals surface area contributed by atoms with Crippen LogP contribution in [-0.4, -0.2) is 75.2 Å². The molecule has 3 aromatic rings. The van der Waals surface area contributed by atoms with Crippen molar-refractivity contribution in [1.29, 1.82) is 0 Å². The van der Waals surface area contributed by atoms with Gasteiger partial charge in [0.1, 0.15) is 5.82 Å². The smallest absolute Gasteiger partial charge is 0.227 e. The minimum atomic E-state index is 0.170. The third-order valence-corrected chi connectivity index (χ3v) is 6.89. The van der Waals surface area contributed by atoms with E-state index in [9.17, 15) is 5.11 Å². The molecule has 0 spiro atoms. The van der Waals surface area contributed by atoms with E-state index in [1.165, 1.54) is 24.8 Å². The van der Waals surface area contributed by atoms with Gasteiger partial charge in [0, 0.05) is 62.4 Å². The first-order chi connectivity index (χ1) is 17.3. The summed E-state index contributed by atoms with van der Waals surface area (Å²) in [5.41, 5.74) is 3.96. The maximum atomic E-state index is 10.1. The minimum Gasteiger partial charge on any atom is -0.395 e. The molecule has 7 heterocycles. The van der Waals surface area contributed by atoms with Gasteiger partial charge in [0.05, 0.1) is 12.3 Å². The molecule has 8 heteroatoms. The van der Waals surface area contributed by atoms with Crippen LogP contribution in [0, 0.1) is 0 Å². The number of aromatic nitrogens is 3. The van der Waals surface area contributed by atoms with Crippen LogP contribution in [0.5, 0.6) is 0 Å². The SMILES string of the molecule is OCC1CN2CCCCCCNc3ccc(cn3)-c3ccnc(n3)Nc3cccc(c3)CN1CC2. The first-order valence-corrected chi connectivity index (χ1v) is 12.7. The number of nitrogens with zero attached hydrogens (tertiary/aromatic N) is 5. The second-order valence-corrected chi connectivity index (χ2v) is 9.47. The van der Waals surface area contributed by atoms with Crippen LogP contribution >= 0.6 is 0 Å². The molecule has 184 valence electrons. The van der Waals surface area contributed by atoms with Crippen LogP contribution in [-0.2, 0) is 6.54 Å². The average molecular weight is 474 g/mol. The molecule has 0 radical (unpaired) electrons. The lowest BCUT2D eigenvalue weighted by Gasteiger charge is -2.40. The van der Waals surface area contributed by atoms with Crippen molar-refractivity contribution in [3.63, 3.8) is 0 Å². The first kappa shape index (κ1) is 23.7. The molecule has 8 nitrogen and oxygen atoms in total. The molecule has 5 aliphatic heterocycles. The fourth-order valence-electron chi connectivity index (χ4n) is 4.91. The predicted octanol–water partition coefficient (Wildman–Crippen LogP) is 3.75. The number of benzene rings is 1. The molecule has 3 atom stereocenters. The number of anilines is 3. The molecule has 2 aromatic heterocycles. The van der Waals surface area contributed by atoms with Gasteiger partial charge in [0.2, 0.25) is 5.95 Å². The van der Waals surface area contributed by atoms with Gasteiger partial charge in [0.15, 0.2) is 0 Å². The Kier molecular flexibility index (Phi) is 7.82. The Hall–Kier alpha value is -3.07. The van der Waals surface area contributed by atoms with Crippen LogP contribution < -0.4 is 10.6 Å². The molecule has 1 fully saturated rings. The van der Waals surface area contributed by atoms with Gasteiger partial charge in [-0.15, -0.1) is 0 Å². The quantitative estimate of drug-likeness (QED) is 0.493. The third-order valence-electron chi connectivity index (χ3n) is 6.89. The van der Waals surface area contributed by atoms with Crippen molar-refractivity contribution < 1.29 is 5.11 Å². The Labute approximate surface area is 207 Å². The highest BCUT2D eigenvalue weighted by molar-refractivity contribution is 5.62. The maximum Gasteiger partial charge on any atom is 0.227 e. The molecule has 5 aliphatic rings. The van der Waals surface area contributed by atoms with Crippen molar-refractivity contribution in [2.75, 3.05) is 50.0 Å². The molecular formula is C27H35N7O. The van der Waals surface area contributed by atoms with Gasteiger partial charge in [-0.1, -0.05) is 25.0 Å². The maximum absolute atomic E-state index is 10.1. The molecule has 8 rings (SSSR count). The van der Waals surface area contributed by atoms with Crippen molar-refractivity contribution >= 4 is 17.5 Å². The van der Waals surface area contributed by atoms with Gasteiger partial charge >= 0.3 is 0 Å². The number of pyridine rings is 1. The highest BCUT2D eigenvalue weighted by atomic mass is 16.3. The summed E-state index contributed by atoms with van der Waals surface area (Å²) in [5.74, 6) is 1.45. The molecule has 0 amide bonds. The van der Waals surface area contributed by atoms with E-state index in [0.29, 0.717) is 5.95 Å². The second-order valence-electron chi connectivity index (χ2n) is 9.47. The van der Waals surface area contributed by atoms with Crippen LogP contribution in [0.15, 0.2) is 54.9 Å². The Bertz CT molecular complexity index is 1090. The van der Waals surface area contributed by atoms with Gasteiger partial charge in [-0.2, -0.15) is 0 Å². The van der Waals surface area contributed by atoms with Gasteiger partial charge < -0.3 is 20.6 Å². The van der Waals surface area contributed by atoms with Crippen molar-refractivity contribution in [3.05, 3.63) is 60.4 Å². The number of hydrogen-bond donors (Lipinski definition) is 3. The summed E-state index contributed by atoms with van der Waals surface area (Å²) in [7, 11) is 0. The number of nitrogens with one attached hydrogen (secondary N) is 2. The van der Waals surface area contributed by atoms with E-state index >= 15 is 0 Å². The summed E-state index contributed by atoms with van der Waals surface area (Å²) < 4.78 is 0. The predicted molar refractivity (Wildman–Crippen MR) is 140 cm³/mol. The molecule has 0 saturated carbocycles. The molecule has 0 aliphatic carbocycles. The van der Waals surface area contributed by atoms with E-state index < -0.39 is 0 Å². The van der Waals surface area contributed by atoms with Crippen LogP contribution in [0.1, 0.15) is 31.2 Å². The largest absolute Gasteiger partial charge is 0.395 e. The van der Waals surface area contributed by atoms with Crippen LogP contribution in [0.4, 0.5) is 17.5 Å². The van der Waals surface area contributed by atoms with Gasteiger partial charge in [-0.3, -0.25) is 4.90 Å². The zero-order valence-electron chi connectivity index (χ0n) is 20.2. The lowest BCUT2D eigenvalue weighted by Crippen LogP contribution is -2.54. The van der Waals surface area contributed by atoms with Crippen molar-refractivity contribution in [1.82, 2.24) is 24.8 Å². The number of piperazine rings is 1. The van der Waals surface area contributed by atoms with Crippen LogP contribution in [0.3, 0.4) is 0 Å². The topological polar surface area (TPSA) is 89.4 Å². The summed E-state index contributed by atoms with van der Waals surface area (Å²) in [4.78, 5) is 18.6. The number of aliphatic hydroxyl groups is 1. The highest BCUT2D eigenvalue weighted by Gasteiger charge is 2.26. The molecule has 3 unspecified atom stereocenters. The van der Waals surface area contributed by atoms with Gasteiger partial charge in [0.25, 0.3) is 0 Å². The summed E-state index contributed by atoms with van der Waals surface area (Å²) in [6.45, 7) is 6.00. The lowest BCUT2D eigenvalue weighted by atomic mass is 10.1. The van der Waals surface area contributed by atoms with Crippen molar-refractivity contribution in [2.24, 2.45) is 0 Å². The van der Waals surface area contributed by atoms with E-state index in [2.05, 4.69) is 48.6 Å². The molecule has 35 heavy (non-hydrogen) atoms. The van der Waals surface area contributed by atoms with E-state index in [1.54, 1.807) is 6.20 Å². The van der Waals surface area contributed by atoms with Crippen molar-refractivity contribution in [2.45, 2.75) is 38.3 Å². The Balaban J connectivity index is 1.37. The zero-order valence-corrected chi connectivity index (χ0v) is 20.2. The molecule has 1 aromatic carbocycles. The van der Waals surface area contributed by atoms with E-state index in [1.807, 2.05) is 30.5 Å². The van der Waals surface area contributed by atoms with E-state index in [-0.39, 0.29) is 12.6 Å². The number of aliphatic hydroxyl groups excluding tert-OH is 1. The van der Waals surface area contributed by atoms with Gasteiger partial charge in [-0.05, 0) is 55.3 Å². The molecule has 3 N–H and O–H groups in total. The standard InChI is InChI=1S/C27H35N7O/c35-20-24-19-33-13-4-2-1-3-11-28-26-9-8-22(17-30-26)25-10-12-29-27(32-25)31-23-7-5-6-21(16-23)18-34(24)15-14-33/h5-10,12,16-17,24,35H,1-4,11,13-15,18-20H2,(H,28,30)(H,29,31,32). The fraction of sp³-hybridized carbons (Fsp3) is 0.444. The molecule has 1 saturated heterocycles. The Morgan fingerprint density at radius 2 is 1.91 bits per heavy atom. The van der Waals surface area contributed by atoms with Gasteiger partial charge in [-0.25, -0.2) is 15.0 Å². The lowest BCUT2D eigenvalue weighted by molar-refractivity contribution is 0.0343. The summed E-state index contributed by atoms with van der Waals surface area (Å²) in [6, 6.07) is 14.5. The number of hydrogen-bond acceptors (Lipinski definition) is 8. The first-order valence-electron chi connectivity index (χ1n) is 12.7. The van der Waals surface area contributed by atoms with Crippen LogP contribution in [0.25, 0.3) is 11.3 Å². The van der Waals surface area contributed by atoms with E-state index in [0.717, 1.165) is 68.5 Å². The highest BCUT2D eigenvalue weighted by Crippen LogP contribution is 2.22. The van der Waals surface area contributed by atoms with Crippen LogP contribution in [0.2, 0.25) is 0 Å². The van der Waals surface area contributed by atoms with E-state index in [4.69, 9.17) is 4.98 Å². The average Bonchev–Trinajstić information content (AvgIpc) is 2.89. The second kappa shape index (κ2) is 11.6. The zero-order chi connectivity index (χ0) is 23.9. The third kappa shape index (κ3) is 6.33. The summed E-state index contributed by atoms with van der Waals surface area (Å²) >= 11 is 0. The Morgan fingerprint density at radius 1 is 0.971 bits per heavy atom. The Morgan fingerprint density at radius 3 is 2.80 bits per heavy atom. The summed E-state index contributed by atoms with van der Waals surface area (Å²) in [5, 5.41) is 16.9. The fourth-order valence-corrected chi connectivity index (χ4v) is 4.91.